The normalized spacial score (nSPS) is 10.5. The number of aryl methyl sites for hydroxylation is 1. The number of nitrogens with zero attached hydrogens (tertiary/aromatic N) is 1. The third kappa shape index (κ3) is 5.31. The third-order valence-corrected chi connectivity index (χ3v) is 4.98. The van der Waals surface area contributed by atoms with Gasteiger partial charge in [-0.3, -0.25) is 4.79 Å². The summed E-state index contributed by atoms with van der Waals surface area (Å²) in [6.45, 7) is 2.94. The Bertz CT molecular complexity index is 878. The van der Waals surface area contributed by atoms with Crippen molar-refractivity contribution in [3.05, 3.63) is 80.8 Å². The van der Waals surface area contributed by atoms with E-state index in [4.69, 9.17) is 16.3 Å². The first kappa shape index (κ1) is 18.4. The van der Waals surface area contributed by atoms with Crippen molar-refractivity contribution in [2.75, 3.05) is 0 Å². The monoisotopic (exact) mass is 386 g/mol. The van der Waals surface area contributed by atoms with E-state index in [1.807, 2.05) is 48.7 Å². The zero-order chi connectivity index (χ0) is 18.4. The van der Waals surface area contributed by atoms with Crippen LogP contribution in [0.3, 0.4) is 0 Å². The number of hydrogen-bond donors (Lipinski definition) is 1. The van der Waals surface area contributed by atoms with Crippen LogP contribution in [0.2, 0.25) is 5.02 Å². The third-order valence-electron chi connectivity index (χ3n) is 3.85. The number of benzene rings is 2. The highest BCUT2D eigenvalue weighted by molar-refractivity contribution is 7.09. The molecule has 0 fully saturated rings. The van der Waals surface area contributed by atoms with Crippen LogP contribution >= 0.6 is 22.9 Å². The van der Waals surface area contributed by atoms with Gasteiger partial charge in [-0.1, -0.05) is 35.9 Å². The maximum atomic E-state index is 12.1. The molecule has 1 aromatic heterocycles. The summed E-state index contributed by atoms with van der Waals surface area (Å²) in [5.74, 6) is 0.700. The van der Waals surface area contributed by atoms with Gasteiger partial charge in [0, 0.05) is 16.9 Å². The van der Waals surface area contributed by atoms with Crippen molar-refractivity contribution >= 4 is 28.8 Å². The predicted molar refractivity (Wildman–Crippen MR) is 105 cm³/mol. The second kappa shape index (κ2) is 8.83. The molecule has 6 heteroatoms. The first-order chi connectivity index (χ1) is 12.6. The van der Waals surface area contributed by atoms with E-state index in [-0.39, 0.29) is 12.3 Å². The van der Waals surface area contributed by atoms with Crippen molar-refractivity contribution in [2.24, 2.45) is 0 Å². The largest absolute Gasteiger partial charge is 0.486 e. The van der Waals surface area contributed by atoms with Crippen LogP contribution in [0, 0.1) is 6.92 Å². The number of nitrogens with one attached hydrogen (secondary N) is 1. The van der Waals surface area contributed by atoms with Crippen molar-refractivity contribution in [3.8, 4) is 5.75 Å². The lowest BCUT2D eigenvalue weighted by Gasteiger charge is -2.07. The molecular formula is C20H19ClN2O2S. The highest BCUT2D eigenvalue weighted by atomic mass is 35.5. The zero-order valence-electron chi connectivity index (χ0n) is 14.4. The molecule has 0 aliphatic carbocycles. The van der Waals surface area contributed by atoms with Gasteiger partial charge in [0.2, 0.25) is 5.91 Å². The van der Waals surface area contributed by atoms with Crippen LogP contribution in [0.25, 0.3) is 0 Å². The molecule has 0 unspecified atom stereocenters. The van der Waals surface area contributed by atoms with Crippen LogP contribution in [0.1, 0.15) is 21.8 Å². The molecule has 0 saturated carbocycles. The van der Waals surface area contributed by atoms with E-state index in [2.05, 4.69) is 10.3 Å². The highest BCUT2D eigenvalue weighted by Crippen LogP contribution is 2.18. The Kier molecular flexibility index (Phi) is 6.26. The number of carbonyl (C=O) groups excluding carboxylic acids is 1. The van der Waals surface area contributed by atoms with Crippen LogP contribution in [0.5, 0.6) is 5.75 Å². The average Bonchev–Trinajstić information content (AvgIpc) is 3.08. The number of ether oxygens (including phenoxy) is 1. The van der Waals surface area contributed by atoms with E-state index in [0.717, 1.165) is 22.0 Å². The molecule has 0 saturated heterocycles. The maximum Gasteiger partial charge on any atom is 0.226 e. The Labute approximate surface area is 161 Å². The number of aromatic nitrogens is 1. The second-order valence-corrected chi connectivity index (χ2v) is 7.23. The lowest BCUT2D eigenvalue weighted by Crippen LogP contribution is -2.25. The molecule has 0 aliphatic rings. The molecule has 3 rings (SSSR count). The highest BCUT2D eigenvalue weighted by Gasteiger charge is 2.09. The van der Waals surface area contributed by atoms with Gasteiger partial charge in [-0.2, -0.15) is 0 Å². The van der Waals surface area contributed by atoms with Gasteiger partial charge in [0.15, 0.2) is 0 Å². The number of rotatable bonds is 7. The van der Waals surface area contributed by atoms with Gasteiger partial charge in [-0.05, 0) is 42.3 Å². The number of halogens is 1. The van der Waals surface area contributed by atoms with Gasteiger partial charge in [-0.15, -0.1) is 11.3 Å². The fraction of sp³-hybridized carbons (Fsp3) is 0.200. The van der Waals surface area contributed by atoms with E-state index in [9.17, 15) is 4.79 Å². The number of carbonyl (C=O) groups is 1. The minimum absolute atomic E-state index is 0.0382. The van der Waals surface area contributed by atoms with Crippen molar-refractivity contribution in [1.82, 2.24) is 10.3 Å². The Morgan fingerprint density at radius 3 is 2.73 bits per heavy atom. The fourth-order valence-electron chi connectivity index (χ4n) is 2.40. The first-order valence-corrected chi connectivity index (χ1v) is 9.49. The van der Waals surface area contributed by atoms with E-state index >= 15 is 0 Å². The average molecular weight is 387 g/mol. The summed E-state index contributed by atoms with van der Waals surface area (Å²) in [6, 6.07) is 15.2. The molecule has 3 aromatic rings. The second-order valence-electron chi connectivity index (χ2n) is 5.86. The predicted octanol–water partition coefficient (Wildman–Crippen LogP) is 4.54. The molecule has 1 heterocycles. The standard InChI is InChI=1S/C20H19ClN2O2S/c1-14-4-2-3-5-15(14)11-22-19(24)10-17-13-26-20(23-17)12-25-18-8-6-16(21)7-9-18/h2-9,13H,10-12H2,1H3,(H,22,24). The van der Waals surface area contributed by atoms with Crippen LogP contribution in [-0.4, -0.2) is 10.9 Å². The lowest BCUT2D eigenvalue weighted by atomic mass is 10.1. The maximum absolute atomic E-state index is 12.1. The van der Waals surface area contributed by atoms with Crippen LogP contribution < -0.4 is 10.1 Å². The van der Waals surface area contributed by atoms with Gasteiger partial charge in [-0.25, -0.2) is 4.98 Å². The summed E-state index contributed by atoms with van der Waals surface area (Å²) >= 11 is 7.34. The van der Waals surface area contributed by atoms with E-state index in [1.54, 1.807) is 12.1 Å². The number of hydrogen-bond acceptors (Lipinski definition) is 4. The number of amides is 1. The van der Waals surface area contributed by atoms with Gasteiger partial charge in [0.1, 0.15) is 17.4 Å². The molecule has 0 spiro atoms. The van der Waals surface area contributed by atoms with Crippen molar-refractivity contribution < 1.29 is 9.53 Å². The van der Waals surface area contributed by atoms with E-state index in [1.165, 1.54) is 16.9 Å². The first-order valence-electron chi connectivity index (χ1n) is 8.23. The summed E-state index contributed by atoms with van der Waals surface area (Å²) in [4.78, 5) is 16.6. The quantitative estimate of drug-likeness (QED) is 0.648. The summed E-state index contributed by atoms with van der Waals surface area (Å²) in [7, 11) is 0. The molecule has 4 nitrogen and oxygen atoms in total. The van der Waals surface area contributed by atoms with E-state index < -0.39 is 0 Å². The molecule has 1 amide bonds. The topological polar surface area (TPSA) is 51.2 Å². The summed E-state index contributed by atoms with van der Waals surface area (Å²) in [5, 5.41) is 6.35. The van der Waals surface area contributed by atoms with Gasteiger partial charge < -0.3 is 10.1 Å². The molecule has 26 heavy (non-hydrogen) atoms. The van der Waals surface area contributed by atoms with Crippen molar-refractivity contribution in [2.45, 2.75) is 26.5 Å². The van der Waals surface area contributed by atoms with Gasteiger partial charge in [0.05, 0.1) is 12.1 Å². The Hall–Kier alpha value is -2.37. The van der Waals surface area contributed by atoms with Gasteiger partial charge >= 0.3 is 0 Å². The SMILES string of the molecule is Cc1ccccc1CNC(=O)Cc1csc(COc2ccc(Cl)cc2)n1. The van der Waals surface area contributed by atoms with Crippen LogP contribution in [-0.2, 0) is 24.4 Å². The molecule has 0 atom stereocenters. The minimum atomic E-state index is -0.0382. The number of thiazole rings is 1. The smallest absolute Gasteiger partial charge is 0.226 e. The summed E-state index contributed by atoms with van der Waals surface area (Å²) in [6.07, 6.45) is 0.267. The van der Waals surface area contributed by atoms with Crippen LogP contribution in [0.4, 0.5) is 0 Å². The molecular weight excluding hydrogens is 368 g/mol. The molecule has 0 bridgehead atoms. The Morgan fingerprint density at radius 2 is 1.96 bits per heavy atom. The molecule has 0 radical (unpaired) electrons. The Balaban J connectivity index is 1.47. The van der Waals surface area contributed by atoms with Gasteiger partial charge in [0.25, 0.3) is 0 Å². The summed E-state index contributed by atoms with van der Waals surface area (Å²) < 4.78 is 5.67. The van der Waals surface area contributed by atoms with Crippen LogP contribution in [0.15, 0.2) is 53.9 Å². The molecule has 1 N–H and O–H groups in total. The lowest BCUT2D eigenvalue weighted by molar-refractivity contribution is -0.120. The zero-order valence-corrected chi connectivity index (χ0v) is 15.9. The van der Waals surface area contributed by atoms with Crippen molar-refractivity contribution in [3.63, 3.8) is 0 Å². The van der Waals surface area contributed by atoms with Crippen molar-refractivity contribution in [1.29, 1.82) is 0 Å². The molecule has 2 aromatic carbocycles. The summed E-state index contributed by atoms with van der Waals surface area (Å²) in [5.41, 5.74) is 3.05. The molecule has 0 aliphatic heterocycles. The minimum Gasteiger partial charge on any atom is -0.486 e. The van der Waals surface area contributed by atoms with E-state index in [0.29, 0.717) is 18.2 Å². The fourth-order valence-corrected chi connectivity index (χ4v) is 3.23. The molecule has 134 valence electrons. The Morgan fingerprint density at radius 1 is 1.19 bits per heavy atom.